The van der Waals surface area contributed by atoms with Crippen LogP contribution in [0.3, 0.4) is 0 Å². The van der Waals surface area contributed by atoms with Crippen molar-refractivity contribution in [3.8, 4) is 0 Å². The topological polar surface area (TPSA) is 37.8 Å². The van der Waals surface area contributed by atoms with Crippen molar-refractivity contribution in [2.45, 2.75) is 6.92 Å². The largest absolute Gasteiger partial charge is 0.339 e. The molecule has 0 bridgehead atoms. The van der Waals surface area contributed by atoms with Crippen LogP contribution >= 0.6 is 11.6 Å². The third kappa shape index (κ3) is 2.25. The Morgan fingerprint density at radius 1 is 1.27 bits per heavy atom. The highest BCUT2D eigenvalue weighted by Gasteiger charge is 2.02. The van der Waals surface area contributed by atoms with Gasteiger partial charge in [-0.05, 0) is 24.6 Å². The first-order valence-electron chi connectivity index (χ1n) is 4.55. The Balaban J connectivity index is 2.29. The molecule has 0 spiro atoms. The SMILES string of the molecule is Cc1cccc(Nc2ccncn2)c1Cl. The summed E-state index contributed by atoms with van der Waals surface area (Å²) in [5, 5.41) is 3.85. The molecule has 4 heteroatoms. The molecule has 15 heavy (non-hydrogen) atoms. The van der Waals surface area contributed by atoms with Crippen LogP contribution in [0.1, 0.15) is 5.56 Å². The molecule has 1 N–H and O–H groups in total. The lowest BCUT2D eigenvalue weighted by Gasteiger charge is -2.08. The molecule has 1 aromatic carbocycles. The maximum Gasteiger partial charge on any atom is 0.133 e. The lowest BCUT2D eigenvalue weighted by atomic mass is 10.2. The van der Waals surface area contributed by atoms with E-state index in [1.165, 1.54) is 6.33 Å². The fourth-order valence-corrected chi connectivity index (χ4v) is 1.42. The number of nitrogens with zero attached hydrogens (tertiary/aromatic N) is 2. The number of nitrogens with one attached hydrogen (secondary N) is 1. The van der Waals surface area contributed by atoms with Gasteiger partial charge in [-0.1, -0.05) is 23.7 Å². The highest BCUT2D eigenvalue weighted by molar-refractivity contribution is 6.34. The van der Waals surface area contributed by atoms with Gasteiger partial charge in [0.1, 0.15) is 12.1 Å². The summed E-state index contributed by atoms with van der Waals surface area (Å²) >= 11 is 6.14. The normalized spacial score (nSPS) is 10.0. The number of hydrogen-bond acceptors (Lipinski definition) is 3. The van der Waals surface area contributed by atoms with Gasteiger partial charge in [0.15, 0.2) is 0 Å². The third-order valence-electron chi connectivity index (χ3n) is 2.04. The Hall–Kier alpha value is -1.61. The molecular formula is C11H10ClN3. The predicted molar refractivity (Wildman–Crippen MR) is 61.5 cm³/mol. The van der Waals surface area contributed by atoms with Gasteiger partial charge in [0.2, 0.25) is 0 Å². The molecule has 0 saturated carbocycles. The molecular weight excluding hydrogens is 210 g/mol. The summed E-state index contributed by atoms with van der Waals surface area (Å²) in [5.74, 6) is 0.734. The first-order valence-corrected chi connectivity index (χ1v) is 4.93. The Morgan fingerprint density at radius 2 is 2.13 bits per heavy atom. The minimum Gasteiger partial charge on any atom is -0.339 e. The average Bonchev–Trinajstić information content (AvgIpc) is 2.26. The molecule has 0 fully saturated rings. The second-order valence-corrected chi connectivity index (χ2v) is 3.53. The zero-order chi connectivity index (χ0) is 10.7. The van der Waals surface area contributed by atoms with E-state index < -0.39 is 0 Å². The monoisotopic (exact) mass is 219 g/mol. The molecule has 0 amide bonds. The van der Waals surface area contributed by atoms with Crippen molar-refractivity contribution in [3.63, 3.8) is 0 Å². The van der Waals surface area contributed by atoms with Crippen LogP contribution in [-0.4, -0.2) is 9.97 Å². The lowest BCUT2D eigenvalue weighted by Crippen LogP contribution is -1.94. The molecule has 2 rings (SSSR count). The van der Waals surface area contributed by atoms with Crippen LogP contribution in [0.15, 0.2) is 36.8 Å². The van der Waals surface area contributed by atoms with Crippen LogP contribution in [0.2, 0.25) is 5.02 Å². The Kier molecular flexibility index (Phi) is 2.83. The van der Waals surface area contributed by atoms with E-state index >= 15 is 0 Å². The highest BCUT2D eigenvalue weighted by atomic mass is 35.5. The second kappa shape index (κ2) is 4.28. The molecule has 0 saturated heterocycles. The molecule has 1 heterocycles. The van der Waals surface area contributed by atoms with Crippen molar-refractivity contribution < 1.29 is 0 Å². The van der Waals surface area contributed by atoms with E-state index in [0.29, 0.717) is 0 Å². The minimum absolute atomic E-state index is 0.719. The predicted octanol–water partition coefficient (Wildman–Crippen LogP) is 3.18. The fraction of sp³-hybridized carbons (Fsp3) is 0.0909. The van der Waals surface area contributed by atoms with Gasteiger partial charge in [-0.25, -0.2) is 9.97 Å². The molecule has 0 unspecified atom stereocenters. The van der Waals surface area contributed by atoms with Gasteiger partial charge in [-0.3, -0.25) is 0 Å². The third-order valence-corrected chi connectivity index (χ3v) is 2.54. The Labute approximate surface area is 93.1 Å². The molecule has 2 aromatic rings. The second-order valence-electron chi connectivity index (χ2n) is 3.16. The van der Waals surface area contributed by atoms with Crippen molar-refractivity contribution in [1.82, 2.24) is 9.97 Å². The van der Waals surface area contributed by atoms with E-state index in [0.717, 1.165) is 22.1 Å². The van der Waals surface area contributed by atoms with Crippen LogP contribution in [0, 0.1) is 6.92 Å². The maximum atomic E-state index is 6.14. The van der Waals surface area contributed by atoms with Crippen molar-refractivity contribution in [1.29, 1.82) is 0 Å². The molecule has 0 aliphatic carbocycles. The number of rotatable bonds is 2. The summed E-state index contributed by atoms with van der Waals surface area (Å²) in [6, 6.07) is 7.62. The number of aromatic nitrogens is 2. The summed E-state index contributed by atoms with van der Waals surface area (Å²) in [5.41, 5.74) is 1.89. The summed E-state index contributed by atoms with van der Waals surface area (Å²) in [4.78, 5) is 7.91. The van der Waals surface area contributed by atoms with Gasteiger partial charge in [-0.15, -0.1) is 0 Å². The van der Waals surface area contributed by atoms with Crippen LogP contribution in [0.5, 0.6) is 0 Å². The first kappa shape index (κ1) is 9.93. The minimum atomic E-state index is 0.719. The Bertz CT molecular complexity index is 457. The van der Waals surface area contributed by atoms with Crippen molar-refractivity contribution in [3.05, 3.63) is 47.4 Å². The summed E-state index contributed by atoms with van der Waals surface area (Å²) < 4.78 is 0. The summed E-state index contributed by atoms with van der Waals surface area (Å²) in [6.45, 7) is 1.97. The number of benzene rings is 1. The van der Waals surface area contributed by atoms with Gasteiger partial charge < -0.3 is 5.32 Å². The van der Waals surface area contributed by atoms with E-state index in [1.54, 1.807) is 12.3 Å². The van der Waals surface area contributed by atoms with Gasteiger partial charge >= 0.3 is 0 Å². The van der Waals surface area contributed by atoms with E-state index in [9.17, 15) is 0 Å². The molecule has 0 aliphatic rings. The molecule has 76 valence electrons. The zero-order valence-electron chi connectivity index (χ0n) is 8.24. The van der Waals surface area contributed by atoms with Gasteiger partial charge in [0, 0.05) is 6.20 Å². The fourth-order valence-electron chi connectivity index (χ4n) is 1.25. The smallest absolute Gasteiger partial charge is 0.133 e. The average molecular weight is 220 g/mol. The Morgan fingerprint density at radius 3 is 2.87 bits per heavy atom. The number of halogens is 1. The van der Waals surface area contributed by atoms with Crippen molar-refractivity contribution in [2.75, 3.05) is 5.32 Å². The van der Waals surface area contributed by atoms with Gasteiger partial charge in [0.05, 0.1) is 10.7 Å². The van der Waals surface area contributed by atoms with Crippen LogP contribution in [0.25, 0.3) is 0 Å². The number of anilines is 2. The molecule has 0 aliphatic heterocycles. The van der Waals surface area contributed by atoms with Crippen molar-refractivity contribution in [2.24, 2.45) is 0 Å². The van der Waals surface area contributed by atoms with E-state index in [2.05, 4.69) is 15.3 Å². The lowest BCUT2D eigenvalue weighted by molar-refractivity contribution is 1.17. The van der Waals surface area contributed by atoms with Crippen LogP contribution in [-0.2, 0) is 0 Å². The molecule has 0 radical (unpaired) electrons. The molecule has 3 nitrogen and oxygen atoms in total. The van der Waals surface area contributed by atoms with E-state index in [-0.39, 0.29) is 0 Å². The summed E-state index contributed by atoms with van der Waals surface area (Å²) in [6.07, 6.45) is 3.17. The first-order chi connectivity index (χ1) is 7.27. The highest BCUT2D eigenvalue weighted by Crippen LogP contribution is 2.27. The molecule has 0 atom stereocenters. The van der Waals surface area contributed by atoms with E-state index in [1.807, 2.05) is 25.1 Å². The van der Waals surface area contributed by atoms with Crippen LogP contribution in [0.4, 0.5) is 11.5 Å². The standard InChI is InChI=1S/C11H10ClN3/c1-8-3-2-4-9(11(8)12)15-10-5-6-13-7-14-10/h2-7H,1H3,(H,13,14,15). The number of hydrogen-bond donors (Lipinski definition) is 1. The van der Waals surface area contributed by atoms with Crippen molar-refractivity contribution >= 4 is 23.1 Å². The van der Waals surface area contributed by atoms with E-state index in [4.69, 9.17) is 11.6 Å². The zero-order valence-corrected chi connectivity index (χ0v) is 8.99. The van der Waals surface area contributed by atoms with Crippen LogP contribution < -0.4 is 5.32 Å². The molecule has 1 aromatic heterocycles. The maximum absolute atomic E-state index is 6.14. The van der Waals surface area contributed by atoms with Gasteiger partial charge in [0.25, 0.3) is 0 Å². The number of aryl methyl sites for hydroxylation is 1. The quantitative estimate of drug-likeness (QED) is 0.843. The summed E-state index contributed by atoms with van der Waals surface area (Å²) in [7, 11) is 0. The van der Waals surface area contributed by atoms with Gasteiger partial charge in [-0.2, -0.15) is 0 Å².